The van der Waals surface area contributed by atoms with Gasteiger partial charge >= 0.3 is 0 Å². The topological polar surface area (TPSA) is 63.0 Å². The Morgan fingerprint density at radius 1 is 1.64 bits per heavy atom. The molecule has 0 amide bonds. The van der Waals surface area contributed by atoms with Crippen LogP contribution in [0.4, 0.5) is 0 Å². The molecule has 3 nitrogen and oxygen atoms in total. The van der Waals surface area contributed by atoms with Crippen LogP contribution < -0.4 is 5.73 Å². The molecule has 0 atom stereocenters. The highest BCUT2D eigenvalue weighted by molar-refractivity contribution is 6.04. The lowest BCUT2D eigenvalue weighted by Gasteiger charge is -1.94. The molecule has 3 heteroatoms. The van der Waals surface area contributed by atoms with Crippen LogP contribution in [0.25, 0.3) is 5.57 Å². The van der Waals surface area contributed by atoms with Crippen molar-refractivity contribution in [3.8, 4) is 0 Å². The molecule has 1 heterocycles. The molecule has 0 spiro atoms. The van der Waals surface area contributed by atoms with Crippen LogP contribution in [0.5, 0.6) is 0 Å². The minimum atomic E-state index is 0.267. The van der Waals surface area contributed by atoms with Crippen molar-refractivity contribution in [2.75, 3.05) is 0 Å². The zero-order valence-corrected chi connectivity index (χ0v) is 8.42. The average molecular weight is 190 g/mol. The Morgan fingerprint density at radius 2 is 2.29 bits per heavy atom. The molecule has 0 aliphatic rings. The molecule has 0 aliphatic carbocycles. The summed E-state index contributed by atoms with van der Waals surface area (Å²) in [7, 11) is 0. The van der Waals surface area contributed by atoms with Crippen LogP contribution in [0.15, 0.2) is 29.3 Å². The van der Waals surface area contributed by atoms with Crippen LogP contribution in [-0.4, -0.2) is 5.71 Å². The summed E-state index contributed by atoms with van der Waals surface area (Å²) in [5, 5.41) is 7.59. The van der Waals surface area contributed by atoms with Gasteiger partial charge in [-0.1, -0.05) is 6.58 Å². The van der Waals surface area contributed by atoms with E-state index in [2.05, 4.69) is 6.58 Å². The number of rotatable bonds is 3. The first-order valence-corrected chi connectivity index (χ1v) is 4.29. The normalized spacial score (nSPS) is 10.7. The van der Waals surface area contributed by atoms with Gasteiger partial charge in [-0.2, -0.15) is 0 Å². The van der Waals surface area contributed by atoms with Crippen LogP contribution in [0, 0.1) is 12.3 Å². The Labute approximate surface area is 83.4 Å². The molecule has 3 N–H and O–H groups in total. The largest absolute Gasteiger partial charge is 0.455 e. The predicted molar refractivity (Wildman–Crippen MR) is 58.3 cm³/mol. The number of nitrogens with two attached hydrogens (primary N) is 1. The van der Waals surface area contributed by atoms with Gasteiger partial charge in [0.05, 0.1) is 5.71 Å². The van der Waals surface area contributed by atoms with Crippen molar-refractivity contribution in [1.82, 2.24) is 0 Å². The van der Waals surface area contributed by atoms with E-state index in [1.54, 1.807) is 0 Å². The van der Waals surface area contributed by atoms with Crippen LogP contribution >= 0.6 is 0 Å². The lowest BCUT2D eigenvalue weighted by molar-refractivity contribution is 0.542. The third-order valence-corrected chi connectivity index (χ3v) is 1.83. The standard InChI is InChI=1S/C11H14N2O/c1-7(2)11-8(3)6-10(14-11)9(13)4-5-12/h4-6,13H,1,12H2,2-3H3/b5-4-,13-9?. The lowest BCUT2D eigenvalue weighted by atomic mass is 10.2. The molecule has 1 rings (SSSR count). The van der Waals surface area contributed by atoms with E-state index in [9.17, 15) is 0 Å². The Balaban J connectivity index is 3.08. The molecular weight excluding hydrogens is 176 g/mol. The number of furan rings is 1. The van der Waals surface area contributed by atoms with E-state index in [0.717, 1.165) is 16.9 Å². The van der Waals surface area contributed by atoms with Gasteiger partial charge in [-0.15, -0.1) is 0 Å². The summed E-state index contributed by atoms with van der Waals surface area (Å²) in [5.74, 6) is 1.26. The van der Waals surface area contributed by atoms with Gasteiger partial charge in [-0.05, 0) is 43.3 Å². The maximum absolute atomic E-state index is 7.59. The van der Waals surface area contributed by atoms with Crippen molar-refractivity contribution in [2.45, 2.75) is 13.8 Å². The SMILES string of the molecule is C=C(C)c1oc(C(=N)/C=C\N)cc1C. The van der Waals surface area contributed by atoms with Gasteiger partial charge in [0, 0.05) is 0 Å². The smallest absolute Gasteiger partial charge is 0.152 e. The van der Waals surface area contributed by atoms with Crippen molar-refractivity contribution in [2.24, 2.45) is 5.73 Å². The first-order chi connectivity index (χ1) is 6.56. The second kappa shape index (κ2) is 3.96. The summed E-state index contributed by atoms with van der Waals surface area (Å²) in [6.07, 6.45) is 2.81. The molecule has 1 aromatic rings. The molecule has 1 aromatic heterocycles. The van der Waals surface area contributed by atoms with Crippen molar-refractivity contribution in [1.29, 1.82) is 5.41 Å². The molecule has 0 unspecified atom stereocenters. The highest BCUT2D eigenvalue weighted by Gasteiger charge is 2.09. The quantitative estimate of drug-likeness (QED) is 0.719. The third-order valence-electron chi connectivity index (χ3n) is 1.83. The minimum absolute atomic E-state index is 0.267. The Kier molecular flexibility index (Phi) is 2.92. The van der Waals surface area contributed by atoms with E-state index in [0.29, 0.717) is 5.76 Å². The van der Waals surface area contributed by atoms with Gasteiger partial charge in [-0.3, -0.25) is 5.41 Å². The monoisotopic (exact) mass is 190 g/mol. The summed E-state index contributed by atoms with van der Waals surface area (Å²) >= 11 is 0. The Bertz CT molecular complexity index is 399. The Morgan fingerprint density at radius 3 is 2.71 bits per heavy atom. The summed E-state index contributed by atoms with van der Waals surface area (Å²) in [5.41, 5.74) is 7.31. The number of hydrogen-bond acceptors (Lipinski definition) is 3. The zero-order valence-electron chi connectivity index (χ0n) is 8.42. The van der Waals surface area contributed by atoms with Crippen LogP contribution in [0.2, 0.25) is 0 Å². The first-order valence-electron chi connectivity index (χ1n) is 4.29. The van der Waals surface area contributed by atoms with E-state index in [-0.39, 0.29) is 5.71 Å². The molecule has 0 bridgehead atoms. The van der Waals surface area contributed by atoms with Gasteiger partial charge in [0.15, 0.2) is 5.76 Å². The number of aryl methyl sites for hydroxylation is 1. The maximum atomic E-state index is 7.59. The highest BCUT2D eigenvalue weighted by atomic mass is 16.3. The summed E-state index contributed by atoms with van der Waals surface area (Å²) in [4.78, 5) is 0. The summed E-state index contributed by atoms with van der Waals surface area (Å²) < 4.78 is 5.46. The number of hydrogen-bond donors (Lipinski definition) is 2. The Hall–Kier alpha value is -1.77. The van der Waals surface area contributed by atoms with E-state index < -0.39 is 0 Å². The van der Waals surface area contributed by atoms with E-state index in [1.165, 1.54) is 12.3 Å². The third kappa shape index (κ3) is 1.93. The fourth-order valence-corrected chi connectivity index (χ4v) is 1.22. The molecule has 0 aliphatic heterocycles. The van der Waals surface area contributed by atoms with Gasteiger partial charge in [0.2, 0.25) is 0 Å². The molecule has 0 aromatic carbocycles. The van der Waals surface area contributed by atoms with Crippen LogP contribution in [-0.2, 0) is 0 Å². The van der Waals surface area contributed by atoms with E-state index in [4.69, 9.17) is 15.6 Å². The second-order valence-corrected chi connectivity index (χ2v) is 3.18. The van der Waals surface area contributed by atoms with Gasteiger partial charge in [-0.25, -0.2) is 0 Å². The van der Waals surface area contributed by atoms with E-state index in [1.807, 2.05) is 19.9 Å². The van der Waals surface area contributed by atoms with E-state index >= 15 is 0 Å². The van der Waals surface area contributed by atoms with Crippen LogP contribution in [0.1, 0.15) is 24.0 Å². The fraction of sp³-hybridized carbons (Fsp3) is 0.182. The molecular formula is C11H14N2O. The fourth-order valence-electron chi connectivity index (χ4n) is 1.22. The minimum Gasteiger partial charge on any atom is -0.455 e. The van der Waals surface area contributed by atoms with Crippen molar-refractivity contribution >= 4 is 11.3 Å². The predicted octanol–water partition coefficient (Wildman–Crippen LogP) is 2.46. The van der Waals surface area contributed by atoms with Crippen molar-refractivity contribution in [3.05, 3.63) is 42.0 Å². The van der Waals surface area contributed by atoms with Gasteiger partial charge < -0.3 is 10.2 Å². The first kappa shape index (κ1) is 10.3. The molecule has 74 valence electrons. The number of allylic oxidation sites excluding steroid dienone is 2. The molecule has 14 heavy (non-hydrogen) atoms. The molecule has 0 saturated carbocycles. The number of nitrogens with one attached hydrogen (secondary N) is 1. The molecule has 0 radical (unpaired) electrons. The van der Waals surface area contributed by atoms with Gasteiger partial charge in [0.1, 0.15) is 5.76 Å². The summed E-state index contributed by atoms with van der Waals surface area (Å²) in [6, 6.07) is 1.81. The summed E-state index contributed by atoms with van der Waals surface area (Å²) in [6.45, 7) is 7.60. The van der Waals surface area contributed by atoms with Crippen molar-refractivity contribution < 1.29 is 4.42 Å². The maximum Gasteiger partial charge on any atom is 0.152 e. The van der Waals surface area contributed by atoms with Crippen LogP contribution in [0.3, 0.4) is 0 Å². The highest BCUT2D eigenvalue weighted by Crippen LogP contribution is 2.21. The molecule has 0 fully saturated rings. The zero-order chi connectivity index (χ0) is 10.7. The molecule has 0 saturated heterocycles. The second-order valence-electron chi connectivity index (χ2n) is 3.18. The van der Waals surface area contributed by atoms with Gasteiger partial charge in [0.25, 0.3) is 0 Å². The average Bonchev–Trinajstić information content (AvgIpc) is 2.48. The lowest BCUT2D eigenvalue weighted by Crippen LogP contribution is -1.92. The van der Waals surface area contributed by atoms with Crippen molar-refractivity contribution in [3.63, 3.8) is 0 Å².